The van der Waals surface area contributed by atoms with Gasteiger partial charge < -0.3 is 15.1 Å². The molecule has 0 aromatic carbocycles. The molecule has 17 heavy (non-hydrogen) atoms. The Morgan fingerprint density at radius 1 is 1.12 bits per heavy atom. The lowest BCUT2D eigenvalue weighted by molar-refractivity contribution is 0.215. The first kappa shape index (κ1) is 16.9. The molecule has 3 nitrogen and oxygen atoms in total. The van der Waals surface area contributed by atoms with Gasteiger partial charge in [0, 0.05) is 12.6 Å². The molecular formula is C14H33N3. The topological polar surface area (TPSA) is 18.5 Å². The second-order valence-corrected chi connectivity index (χ2v) is 5.33. The quantitative estimate of drug-likeness (QED) is 0.632. The molecule has 0 radical (unpaired) electrons. The van der Waals surface area contributed by atoms with Crippen molar-refractivity contribution in [2.24, 2.45) is 5.92 Å². The van der Waals surface area contributed by atoms with E-state index in [1.54, 1.807) is 0 Å². The Morgan fingerprint density at radius 3 is 2.18 bits per heavy atom. The second-order valence-electron chi connectivity index (χ2n) is 5.33. The van der Waals surface area contributed by atoms with Crippen molar-refractivity contribution < 1.29 is 0 Å². The van der Waals surface area contributed by atoms with Crippen LogP contribution in [0.4, 0.5) is 0 Å². The lowest BCUT2D eigenvalue weighted by atomic mass is 9.99. The van der Waals surface area contributed by atoms with Crippen LogP contribution < -0.4 is 5.32 Å². The van der Waals surface area contributed by atoms with Crippen molar-refractivity contribution >= 4 is 0 Å². The van der Waals surface area contributed by atoms with Gasteiger partial charge in [0.25, 0.3) is 0 Å². The first-order valence-corrected chi connectivity index (χ1v) is 7.09. The van der Waals surface area contributed by atoms with E-state index in [0.29, 0.717) is 6.04 Å². The number of hydrogen-bond donors (Lipinski definition) is 1. The maximum atomic E-state index is 3.46. The number of rotatable bonds is 10. The minimum Gasteiger partial charge on any atom is -0.315 e. The van der Waals surface area contributed by atoms with Gasteiger partial charge in [0.1, 0.15) is 0 Å². The van der Waals surface area contributed by atoms with Crippen molar-refractivity contribution in [3.8, 4) is 0 Å². The molecule has 0 aromatic rings. The van der Waals surface area contributed by atoms with E-state index in [0.717, 1.165) is 12.5 Å². The van der Waals surface area contributed by atoms with E-state index in [1.807, 2.05) is 0 Å². The predicted molar refractivity (Wildman–Crippen MR) is 77.6 cm³/mol. The molecule has 0 aliphatic rings. The van der Waals surface area contributed by atoms with E-state index >= 15 is 0 Å². The van der Waals surface area contributed by atoms with E-state index in [9.17, 15) is 0 Å². The molecule has 2 unspecified atom stereocenters. The highest BCUT2D eigenvalue weighted by Gasteiger charge is 2.16. The van der Waals surface area contributed by atoms with Crippen molar-refractivity contribution in [2.75, 3.05) is 47.3 Å². The monoisotopic (exact) mass is 243 g/mol. The molecule has 104 valence electrons. The first-order chi connectivity index (χ1) is 8.04. The Labute approximate surface area is 109 Å². The minimum atomic E-state index is 0.624. The third-order valence-corrected chi connectivity index (χ3v) is 3.68. The van der Waals surface area contributed by atoms with Gasteiger partial charge in [0.2, 0.25) is 0 Å². The van der Waals surface area contributed by atoms with Gasteiger partial charge in [-0.05, 0) is 53.1 Å². The zero-order valence-corrected chi connectivity index (χ0v) is 12.8. The summed E-state index contributed by atoms with van der Waals surface area (Å²) in [5, 5.41) is 3.46. The molecule has 0 aromatic heterocycles. The molecule has 0 saturated heterocycles. The minimum absolute atomic E-state index is 0.624. The maximum Gasteiger partial charge on any atom is 0.0217 e. The Hall–Kier alpha value is -0.120. The molecule has 0 aliphatic carbocycles. The predicted octanol–water partition coefficient (Wildman–Crippen LogP) is 1.89. The highest BCUT2D eigenvalue weighted by Crippen LogP contribution is 2.09. The molecule has 0 rings (SSSR count). The first-order valence-electron chi connectivity index (χ1n) is 7.09. The van der Waals surface area contributed by atoms with E-state index in [-0.39, 0.29) is 0 Å². The standard InChI is InChI=1S/C14H33N3/c1-7-13(3)14(15-4)12-17(8-2)11-9-10-16(5)6/h13-15H,7-12H2,1-6H3. The Morgan fingerprint density at radius 2 is 1.76 bits per heavy atom. The summed E-state index contributed by atoms with van der Waals surface area (Å²) in [6.45, 7) is 11.6. The summed E-state index contributed by atoms with van der Waals surface area (Å²) in [5.41, 5.74) is 0. The summed E-state index contributed by atoms with van der Waals surface area (Å²) in [4.78, 5) is 4.83. The lowest BCUT2D eigenvalue weighted by Gasteiger charge is -2.30. The van der Waals surface area contributed by atoms with Crippen LogP contribution in [0.25, 0.3) is 0 Å². The van der Waals surface area contributed by atoms with Crippen LogP contribution in [0.2, 0.25) is 0 Å². The van der Waals surface area contributed by atoms with Gasteiger partial charge in [-0.2, -0.15) is 0 Å². The zero-order chi connectivity index (χ0) is 13.3. The smallest absolute Gasteiger partial charge is 0.0217 e. The number of nitrogens with one attached hydrogen (secondary N) is 1. The number of hydrogen-bond acceptors (Lipinski definition) is 3. The van der Waals surface area contributed by atoms with E-state index in [1.165, 1.54) is 32.5 Å². The van der Waals surface area contributed by atoms with Crippen LogP contribution in [0.3, 0.4) is 0 Å². The fourth-order valence-corrected chi connectivity index (χ4v) is 2.11. The van der Waals surface area contributed by atoms with Gasteiger partial charge in [-0.3, -0.25) is 0 Å². The molecule has 0 aliphatic heterocycles. The van der Waals surface area contributed by atoms with Gasteiger partial charge in [0.15, 0.2) is 0 Å². The van der Waals surface area contributed by atoms with Crippen molar-refractivity contribution in [2.45, 2.75) is 39.7 Å². The average molecular weight is 243 g/mol. The molecule has 2 atom stereocenters. The maximum absolute atomic E-state index is 3.46. The van der Waals surface area contributed by atoms with Crippen molar-refractivity contribution in [3.05, 3.63) is 0 Å². The summed E-state index contributed by atoms with van der Waals surface area (Å²) in [7, 11) is 6.38. The third kappa shape index (κ3) is 7.74. The van der Waals surface area contributed by atoms with Crippen molar-refractivity contribution in [3.63, 3.8) is 0 Å². The third-order valence-electron chi connectivity index (χ3n) is 3.68. The number of nitrogens with zero attached hydrogens (tertiary/aromatic N) is 2. The normalized spacial score (nSPS) is 15.5. The van der Waals surface area contributed by atoms with E-state index < -0.39 is 0 Å². The fraction of sp³-hybridized carbons (Fsp3) is 1.00. The molecule has 0 heterocycles. The van der Waals surface area contributed by atoms with Crippen LogP contribution in [-0.4, -0.2) is 63.2 Å². The summed E-state index contributed by atoms with van der Waals surface area (Å²) in [6, 6.07) is 0.624. The van der Waals surface area contributed by atoms with E-state index in [4.69, 9.17) is 0 Å². The van der Waals surface area contributed by atoms with Gasteiger partial charge in [0.05, 0.1) is 0 Å². The Balaban J connectivity index is 4.00. The molecular weight excluding hydrogens is 210 g/mol. The van der Waals surface area contributed by atoms with Crippen LogP contribution in [0.5, 0.6) is 0 Å². The molecule has 0 fully saturated rings. The van der Waals surface area contributed by atoms with Crippen LogP contribution >= 0.6 is 0 Å². The van der Waals surface area contributed by atoms with Crippen LogP contribution in [0.1, 0.15) is 33.6 Å². The number of likely N-dealkylation sites (N-methyl/N-ethyl adjacent to an activating group) is 2. The summed E-state index contributed by atoms with van der Waals surface area (Å²) in [6.07, 6.45) is 2.51. The molecule has 0 saturated carbocycles. The SMILES string of the molecule is CCC(C)C(CN(CC)CCCN(C)C)NC. The van der Waals surface area contributed by atoms with Gasteiger partial charge >= 0.3 is 0 Å². The Kier molecular flexibility index (Phi) is 9.79. The van der Waals surface area contributed by atoms with Crippen molar-refractivity contribution in [1.82, 2.24) is 15.1 Å². The van der Waals surface area contributed by atoms with Crippen LogP contribution in [0.15, 0.2) is 0 Å². The molecule has 1 N–H and O–H groups in total. The van der Waals surface area contributed by atoms with Crippen LogP contribution in [0, 0.1) is 5.92 Å². The second kappa shape index (κ2) is 9.86. The highest BCUT2D eigenvalue weighted by atomic mass is 15.1. The van der Waals surface area contributed by atoms with Crippen molar-refractivity contribution in [1.29, 1.82) is 0 Å². The lowest BCUT2D eigenvalue weighted by Crippen LogP contribution is -2.43. The highest BCUT2D eigenvalue weighted by molar-refractivity contribution is 4.75. The zero-order valence-electron chi connectivity index (χ0n) is 12.8. The van der Waals surface area contributed by atoms with Gasteiger partial charge in [-0.1, -0.05) is 27.2 Å². The largest absolute Gasteiger partial charge is 0.315 e. The van der Waals surface area contributed by atoms with E-state index in [2.05, 4.69) is 57.0 Å². The molecule has 3 heteroatoms. The summed E-state index contributed by atoms with van der Waals surface area (Å²) < 4.78 is 0. The summed E-state index contributed by atoms with van der Waals surface area (Å²) >= 11 is 0. The van der Waals surface area contributed by atoms with Gasteiger partial charge in [-0.15, -0.1) is 0 Å². The Bertz CT molecular complexity index is 171. The molecule has 0 spiro atoms. The average Bonchev–Trinajstić information content (AvgIpc) is 2.32. The summed E-state index contributed by atoms with van der Waals surface area (Å²) in [5.74, 6) is 0.753. The molecule has 0 bridgehead atoms. The fourth-order valence-electron chi connectivity index (χ4n) is 2.11. The van der Waals surface area contributed by atoms with Crippen LogP contribution in [-0.2, 0) is 0 Å². The van der Waals surface area contributed by atoms with Gasteiger partial charge in [-0.25, -0.2) is 0 Å². The molecule has 0 amide bonds.